The summed E-state index contributed by atoms with van der Waals surface area (Å²) < 4.78 is 0. The first-order valence-corrected chi connectivity index (χ1v) is 5.60. The number of hydrogen-bond acceptors (Lipinski definition) is 2. The lowest BCUT2D eigenvalue weighted by Gasteiger charge is -2.38. The molecule has 2 rings (SSSR count). The summed E-state index contributed by atoms with van der Waals surface area (Å²) >= 11 is 0. The van der Waals surface area contributed by atoms with Gasteiger partial charge < -0.3 is 10.0 Å². The monoisotopic (exact) mass is 219 g/mol. The van der Waals surface area contributed by atoms with E-state index >= 15 is 0 Å². The average molecular weight is 219 g/mol. The molecular formula is C13H17NO2. The number of nitrogens with zero attached hydrogens (tertiary/aromatic N) is 1. The summed E-state index contributed by atoms with van der Waals surface area (Å²) in [6.45, 7) is 5.47. The van der Waals surface area contributed by atoms with Crippen molar-refractivity contribution in [3.63, 3.8) is 0 Å². The van der Waals surface area contributed by atoms with Gasteiger partial charge in [0.2, 0.25) is 0 Å². The number of likely N-dealkylation sites (tertiary alicyclic amines) is 1. The second-order valence-corrected chi connectivity index (χ2v) is 4.53. The predicted octanol–water partition coefficient (Wildman–Crippen LogP) is 1.37. The fourth-order valence-corrected chi connectivity index (χ4v) is 2.16. The Bertz CT molecular complexity index is 388. The highest BCUT2D eigenvalue weighted by atomic mass is 16.3. The summed E-state index contributed by atoms with van der Waals surface area (Å²) in [6.07, 6.45) is 0. The molecule has 1 aromatic carbocycles. The maximum atomic E-state index is 12.2. The number of benzene rings is 1. The zero-order valence-corrected chi connectivity index (χ0v) is 9.73. The number of aliphatic hydroxyl groups excluding tert-OH is 1. The molecule has 1 fully saturated rings. The molecule has 0 unspecified atom stereocenters. The molecule has 1 saturated heterocycles. The molecule has 86 valence electrons. The van der Waals surface area contributed by atoms with Crippen LogP contribution in [0.5, 0.6) is 0 Å². The van der Waals surface area contributed by atoms with Crippen LogP contribution in [0, 0.1) is 19.8 Å². The van der Waals surface area contributed by atoms with Gasteiger partial charge in [-0.15, -0.1) is 0 Å². The molecule has 1 amide bonds. The molecule has 0 aliphatic carbocycles. The van der Waals surface area contributed by atoms with Crippen molar-refractivity contribution in [2.24, 2.45) is 5.92 Å². The van der Waals surface area contributed by atoms with Gasteiger partial charge in [0.1, 0.15) is 0 Å². The molecule has 0 aromatic heterocycles. The Labute approximate surface area is 95.7 Å². The van der Waals surface area contributed by atoms with Gasteiger partial charge in [-0.2, -0.15) is 0 Å². The first kappa shape index (κ1) is 11.1. The van der Waals surface area contributed by atoms with Crippen molar-refractivity contribution >= 4 is 5.91 Å². The lowest BCUT2D eigenvalue weighted by molar-refractivity contribution is 0.0360. The molecule has 1 heterocycles. The molecule has 16 heavy (non-hydrogen) atoms. The van der Waals surface area contributed by atoms with Crippen LogP contribution in [0.3, 0.4) is 0 Å². The van der Waals surface area contributed by atoms with Crippen molar-refractivity contribution in [3.05, 3.63) is 34.9 Å². The quantitative estimate of drug-likeness (QED) is 0.816. The predicted molar refractivity (Wildman–Crippen MR) is 62.4 cm³/mol. The van der Waals surface area contributed by atoms with Gasteiger partial charge in [0.15, 0.2) is 0 Å². The molecule has 1 aromatic rings. The highest BCUT2D eigenvalue weighted by Crippen LogP contribution is 2.21. The van der Waals surface area contributed by atoms with Gasteiger partial charge in [0.05, 0.1) is 0 Å². The number of amides is 1. The van der Waals surface area contributed by atoms with Crippen molar-refractivity contribution in [2.75, 3.05) is 19.7 Å². The third kappa shape index (κ3) is 1.83. The first-order chi connectivity index (χ1) is 7.63. The Balaban J connectivity index is 2.16. The minimum Gasteiger partial charge on any atom is -0.396 e. The van der Waals surface area contributed by atoms with E-state index < -0.39 is 0 Å². The normalized spacial score (nSPS) is 16.1. The molecule has 1 aliphatic rings. The maximum Gasteiger partial charge on any atom is 0.254 e. The van der Waals surface area contributed by atoms with Gasteiger partial charge in [-0.25, -0.2) is 0 Å². The van der Waals surface area contributed by atoms with Crippen LogP contribution in [0.2, 0.25) is 0 Å². The van der Waals surface area contributed by atoms with Crippen molar-refractivity contribution in [2.45, 2.75) is 13.8 Å². The number of aliphatic hydroxyl groups is 1. The van der Waals surface area contributed by atoms with Gasteiger partial charge in [-0.3, -0.25) is 4.79 Å². The largest absolute Gasteiger partial charge is 0.396 e. The van der Waals surface area contributed by atoms with Crippen LogP contribution in [-0.4, -0.2) is 35.6 Å². The van der Waals surface area contributed by atoms with Crippen LogP contribution in [0.25, 0.3) is 0 Å². The van der Waals surface area contributed by atoms with Crippen LogP contribution in [-0.2, 0) is 0 Å². The van der Waals surface area contributed by atoms with Crippen LogP contribution in [0.15, 0.2) is 18.2 Å². The van der Waals surface area contributed by atoms with Gasteiger partial charge in [0.25, 0.3) is 5.91 Å². The Morgan fingerprint density at radius 2 is 1.94 bits per heavy atom. The minimum absolute atomic E-state index is 0.0975. The second kappa shape index (κ2) is 4.26. The third-order valence-electron chi connectivity index (χ3n) is 3.20. The summed E-state index contributed by atoms with van der Waals surface area (Å²) in [5, 5.41) is 8.93. The number of carbonyl (C=O) groups is 1. The zero-order valence-electron chi connectivity index (χ0n) is 9.73. The van der Waals surface area contributed by atoms with Crippen molar-refractivity contribution < 1.29 is 9.90 Å². The molecule has 3 heteroatoms. The lowest BCUT2D eigenvalue weighted by Crippen LogP contribution is -2.51. The van der Waals surface area contributed by atoms with Crippen LogP contribution in [0.1, 0.15) is 21.5 Å². The topological polar surface area (TPSA) is 40.5 Å². The second-order valence-electron chi connectivity index (χ2n) is 4.53. The first-order valence-electron chi connectivity index (χ1n) is 5.60. The van der Waals surface area contributed by atoms with Gasteiger partial charge >= 0.3 is 0 Å². The number of hydrogen-bond donors (Lipinski definition) is 1. The lowest BCUT2D eigenvalue weighted by atomic mass is 9.96. The van der Waals surface area contributed by atoms with Crippen LogP contribution in [0.4, 0.5) is 0 Å². The highest BCUT2D eigenvalue weighted by molar-refractivity contribution is 5.97. The number of aryl methyl sites for hydroxylation is 2. The number of rotatable bonds is 2. The molecule has 0 bridgehead atoms. The highest BCUT2D eigenvalue weighted by Gasteiger charge is 2.31. The average Bonchev–Trinajstić information content (AvgIpc) is 2.15. The zero-order chi connectivity index (χ0) is 11.7. The molecule has 0 spiro atoms. The van der Waals surface area contributed by atoms with E-state index in [1.165, 1.54) is 0 Å². The summed E-state index contributed by atoms with van der Waals surface area (Å²) in [4.78, 5) is 14.0. The van der Waals surface area contributed by atoms with Crippen molar-refractivity contribution in [1.29, 1.82) is 0 Å². The van der Waals surface area contributed by atoms with E-state index in [0.717, 1.165) is 16.7 Å². The Kier molecular flexibility index (Phi) is 2.97. The maximum absolute atomic E-state index is 12.2. The fourth-order valence-electron chi connectivity index (χ4n) is 2.16. The van der Waals surface area contributed by atoms with Crippen molar-refractivity contribution in [3.8, 4) is 0 Å². The van der Waals surface area contributed by atoms with Crippen LogP contribution >= 0.6 is 0 Å². The standard InChI is InChI=1S/C13H17NO2/c1-9-4-3-5-10(2)12(9)13(16)14-6-11(7-14)8-15/h3-5,11,15H,6-8H2,1-2H3. The van der Waals surface area contributed by atoms with E-state index in [0.29, 0.717) is 13.1 Å². The summed E-state index contributed by atoms with van der Waals surface area (Å²) in [6, 6.07) is 5.89. The Hall–Kier alpha value is -1.35. The molecule has 0 radical (unpaired) electrons. The molecule has 3 nitrogen and oxygen atoms in total. The summed E-state index contributed by atoms with van der Waals surface area (Å²) in [5.74, 6) is 0.369. The van der Waals surface area contributed by atoms with Gasteiger partial charge in [0, 0.05) is 31.2 Å². The molecule has 0 atom stereocenters. The number of carbonyl (C=O) groups excluding carboxylic acids is 1. The Morgan fingerprint density at radius 1 is 1.38 bits per heavy atom. The Morgan fingerprint density at radius 3 is 2.44 bits per heavy atom. The molecule has 0 saturated carbocycles. The summed E-state index contributed by atoms with van der Waals surface area (Å²) in [7, 11) is 0. The third-order valence-corrected chi connectivity index (χ3v) is 3.20. The minimum atomic E-state index is 0.0975. The van der Waals surface area contributed by atoms with Crippen molar-refractivity contribution in [1.82, 2.24) is 4.90 Å². The van der Waals surface area contributed by atoms with E-state index in [4.69, 9.17) is 5.11 Å². The molecule has 1 N–H and O–H groups in total. The SMILES string of the molecule is Cc1cccc(C)c1C(=O)N1CC(CO)C1. The van der Waals surface area contributed by atoms with E-state index in [1.54, 1.807) is 4.90 Å². The molecular weight excluding hydrogens is 202 g/mol. The van der Waals surface area contributed by atoms with E-state index in [2.05, 4.69) is 0 Å². The molecule has 1 aliphatic heterocycles. The van der Waals surface area contributed by atoms with Crippen LogP contribution < -0.4 is 0 Å². The smallest absolute Gasteiger partial charge is 0.254 e. The fraction of sp³-hybridized carbons (Fsp3) is 0.462. The van der Waals surface area contributed by atoms with E-state index in [1.807, 2.05) is 32.0 Å². The van der Waals surface area contributed by atoms with E-state index in [9.17, 15) is 4.79 Å². The van der Waals surface area contributed by atoms with Gasteiger partial charge in [-0.05, 0) is 25.0 Å². The summed E-state index contributed by atoms with van der Waals surface area (Å²) in [5.41, 5.74) is 2.87. The van der Waals surface area contributed by atoms with Gasteiger partial charge in [-0.1, -0.05) is 18.2 Å². The van der Waals surface area contributed by atoms with E-state index in [-0.39, 0.29) is 18.4 Å².